The molecule has 1 saturated carbocycles. The van der Waals surface area contributed by atoms with Crippen LogP contribution in [0.15, 0.2) is 0 Å². The van der Waals surface area contributed by atoms with E-state index in [1.54, 1.807) is 0 Å². The van der Waals surface area contributed by atoms with E-state index in [1.807, 2.05) is 6.92 Å². The van der Waals surface area contributed by atoms with Crippen molar-refractivity contribution in [2.24, 2.45) is 17.8 Å². The Morgan fingerprint density at radius 1 is 1.33 bits per heavy atom. The van der Waals surface area contributed by atoms with E-state index in [4.69, 9.17) is 0 Å². The van der Waals surface area contributed by atoms with E-state index in [2.05, 4.69) is 24.1 Å². The van der Waals surface area contributed by atoms with Gasteiger partial charge in [0.2, 0.25) is 0 Å². The van der Waals surface area contributed by atoms with Crippen LogP contribution in [-0.2, 0) is 4.79 Å². The summed E-state index contributed by atoms with van der Waals surface area (Å²) < 4.78 is 0. The molecule has 2 rings (SSSR count). The number of piperidine rings is 1. The van der Waals surface area contributed by atoms with Gasteiger partial charge < -0.3 is 15.3 Å². The van der Waals surface area contributed by atoms with Crippen molar-refractivity contribution in [3.8, 4) is 0 Å². The number of nitrogens with one attached hydrogen (secondary N) is 1. The maximum Gasteiger partial charge on any atom is 0.324 e. The van der Waals surface area contributed by atoms with Gasteiger partial charge in [0, 0.05) is 6.54 Å². The molecule has 2 N–H and O–H groups in total. The summed E-state index contributed by atoms with van der Waals surface area (Å²) in [7, 11) is 0. The minimum Gasteiger partial charge on any atom is -0.480 e. The Hall–Kier alpha value is -0.610. The van der Waals surface area contributed by atoms with Crippen LogP contribution in [0.3, 0.4) is 0 Å². The highest BCUT2D eigenvalue weighted by Crippen LogP contribution is 2.38. The van der Waals surface area contributed by atoms with Crippen molar-refractivity contribution in [3.05, 3.63) is 0 Å². The van der Waals surface area contributed by atoms with Crippen molar-refractivity contribution in [1.82, 2.24) is 10.2 Å². The Balaban J connectivity index is 1.91. The first kappa shape index (κ1) is 16.8. The predicted octanol–water partition coefficient (Wildman–Crippen LogP) is 2.59. The van der Waals surface area contributed by atoms with Crippen LogP contribution >= 0.6 is 0 Å². The molecule has 0 spiro atoms. The summed E-state index contributed by atoms with van der Waals surface area (Å²) in [6.45, 7) is 10.8. The quantitative estimate of drug-likeness (QED) is 0.791. The third-order valence-corrected chi connectivity index (χ3v) is 5.91. The van der Waals surface area contributed by atoms with Gasteiger partial charge in [-0.2, -0.15) is 0 Å². The number of carbonyl (C=O) groups is 1. The fourth-order valence-electron chi connectivity index (χ4n) is 4.26. The maximum atomic E-state index is 11.8. The van der Waals surface area contributed by atoms with Crippen LogP contribution in [0.4, 0.5) is 0 Å². The highest BCUT2D eigenvalue weighted by molar-refractivity contribution is 5.79. The van der Waals surface area contributed by atoms with Crippen LogP contribution in [0, 0.1) is 17.8 Å². The van der Waals surface area contributed by atoms with Crippen molar-refractivity contribution in [2.75, 3.05) is 26.2 Å². The number of rotatable bonds is 6. The lowest BCUT2D eigenvalue weighted by Crippen LogP contribution is -2.55. The Morgan fingerprint density at radius 2 is 2.10 bits per heavy atom. The van der Waals surface area contributed by atoms with E-state index in [0.717, 1.165) is 50.6 Å². The first-order chi connectivity index (χ1) is 9.99. The number of aliphatic carboxylic acids is 1. The van der Waals surface area contributed by atoms with Crippen LogP contribution in [-0.4, -0.2) is 47.7 Å². The van der Waals surface area contributed by atoms with Crippen LogP contribution < -0.4 is 5.32 Å². The first-order valence-corrected chi connectivity index (χ1v) is 8.70. The number of nitrogens with zero attached hydrogens (tertiary/aromatic N) is 1. The average Bonchev–Trinajstić information content (AvgIpc) is 2.85. The number of hydrogen-bond acceptors (Lipinski definition) is 3. The molecule has 1 aliphatic carbocycles. The fourth-order valence-corrected chi connectivity index (χ4v) is 4.26. The van der Waals surface area contributed by atoms with Gasteiger partial charge in [0.25, 0.3) is 0 Å². The molecule has 122 valence electrons. The van der Waals surface area contributed by atoms with Crippen molar-refractivity contribution in [2.45, 2.75) is 58.4 Å². The van der Waals surface area contributed by atoms with Crippen molar-refractivity contribution in [3.63, 3.8) is 0 Å². The second-order valence-corrected chi connectivity index (χ2v) is 7.23. The number of likely N-dealkylation sites (tertiary alicyclic amines) is 1. The van der Waals surface area contributed by atoms with E-state index in [1.165, 1.54) is 19.5 Å². The molecule has 1 aliphatic heterocycles. The van der Waals surface area contributed by atoms with Crippen LogP contribution in [0.1, 0.15) is 52.9 Å². The molecule has 0 amide bonds. The van der Waals surface area contributed by atoms with E-state index < -0.39 is 11.5 Å². The topological polar surface area (TPSA) is 52.6 Å². The summed E-state index contributed by atoms with van der Waals surface area (Å²) in [5.74, 6) is 1.23. The molecule has 2 aliphatic rings. The molecule has 4 unspecified atom stereocenters. The highest BCUT2D eigenvalue weighted by Gasteiger charge is 2.48. The first-order valence-electron chi connectivity index (χ1n) is 8.70. The molecule has 2 fully saturated rings. The number of hydrogen-bond donors (Lipinski definition) is 2. The molecular weight excluding hydrogens is 264 g/mol. The van der Waals surface area contributed by atoms with Crippen molar-refractivity contribution in [1.29, 1.82) is 0 Å². The third kappa shape index (κ3) is 3.59. The van der Waals surface area contributed by atoms with Gasteiger partial charge in [0.1, 0.15) is 5.54 Å². The lowest BCUT2D eigenvalue weighted by Gasteiger charge is -2.37. The molecule has 1 heterocycles. The highest BCUT2D eigenvalue weighted by atomic mass is 16.4. The Kier molecular flexibility index (Phi) is 5.67. The Labute approximate surface area is 129 Å². The monoisotopic (exact) mass is 296 g/mol. The zero-order valence-corrected chi connectivity index (χ0v) is 13.9. The SMILES string of the molecule is CCNC1(C(=O)O)CCCC1CCN1CCC(C)C(C)C1. The van der Waals surface area contributed by atoms with Gasteiger partial charge in [-0.1, -0.05) is 27.2 Å². The molecule has 0 aromatic carbocycles. The minimum absolute atomic E-state index is 0.282. The minimum atomic E-state index is -0.663. The maximum absolute atomic E-state index is 11.8. The smallest absolute Gasteiger partial charge is 0.324 e. The molecule has 0 aromatic heterocycles. The van der Waals surface area contributed by atoms with Gasteiger partial charge in [-0.3, -0.25) is 4.79 Å². The fraction of sp³-hybridized carbons (Fsp3) is 0.941. The lowest BCUT2D eigenvalue weighted by molar-refractivity contribution is -0.146. The van der Waals surface area contributed by atoms with Gasteiger partial charge >= 0.3 is 5.97 Å². The Bertz CT molecular complexity index is 361. The molecular formula is C17H32N2O2. The summed E-state index contributed by atoms with van der Waals surface area (Å²) in [5, 5.41) is 13.0. The molecule has 0 radical (unpaired) electrons. The summed E-state index contributed by atoms with van der Waals surface area (Å²) in [5.41, 5.74) is -0.663. The summed E-state index contributed by atoms with van der Waals surface area (Å²) in [4.78, 5) is 14.3. The molecule has 1 saturated heterocycles. The summed E-state index contributed by atoms with van der Waals surface area (Å²) >= 11 is 0. The zero-order chi connectivity index (χ0) is 15.5. The molecule has 4 atom stereocenters. The van der Waals surface area contributed by atoms with E-state index >= 15 is 0 Å². The van der Waals surface area contributed by atoms with Gasteiger partial charge in [0.05, 0.1) is 0 Å². The second kappa shape index (κ2) is 7.10. The lowest BCUT2D eigenvalue weighted by atomic mass is 9.83. The van der Waals surface area contributed by atoms with Gasteiger partial charge in [-0.25, -0.2) is 0 Å². The van der Waals surface area contributed by atoms with Crippen LogP contribution in [0.2, 0.25) is 0 Å². The molecule has 21 heavy (non-hydrogen) atoms. The molecule has 0 aromatic rings. The van der Waals surface area contributed by atoms with Gasteiger partial charge in [-0.15, -0.1) is 0 Å². The van der Waals surface area contributed by atoms with Gasteiger partial charge in [-0.05, 0) is 63.1 Å². The van der Waals surface area contributed by atoms with E-state index in [-0.39, 0.29) is 5.92 Å². The van der Waals surface area contributed by atoms with E-state index in [0.29, 0.717) is 0 Å². The van der Waals surface area contributed by atoms with Crippen LogP contribution in [0.5, 0.6) is 0 Å². The Morgan fingerprint density at radius 3 is 2.71 bits per heavy atom. The van der Waals surface area contributed by atoms with Crippen LogP contribution in [0.25, 0.3) is 0 Å². The summed E-state index contributed by atoms with van der Waals surface area (Å²) in [6, 6.07) is 0. The van der Waals surface area contributed by atoms with Gasteiger partial charge in [0.15, 0.2) is 0 Å². The predicted molar refractivity (Wildman–Crippen MR) is 85.4 cm³/mol. The third-order valence-electron chi connectivity index (χ3n) is 5.91. The van der Waals surface area contributed by atoms with E-state index in [9.17, 15) is 9.90 Å². The van der Waals surface area contributed by atoms with Crippen molar-refractivity contribution < 1.29 is 9.90 Å². The second-order valence-electron chi connectivity index (χ2n) is 7.23. The summed E-state index contributed by atoms with van der Waals surface area (Å²) in [6.07, 6.45) is 5.17. The number of carboxylic acids is 1. The number of likely N-dealkylation sites (N-methyl/N-ethyl adjacent to an activating group) is 1. The molecule has 4 heteroatoms. The largest absolute Gasteiger partial charge is 0.480 e. The van der Waals surface area contributed by atoms with Crippen molar-refractivity contribution >= 4 is 5.97 Å². The standard InChI is InChI=1S/C17H32N2O2/c1-4-18-17(16(20)21)9-5-6-15(17)8-11-19-10-7-13(2)14(3)12-19/h13-15,18H,4-12H2,1-3H3,(H,20,21). The zero-order valence-electron chi connectivity index (χ0n) is 13.9. The normalized spacial score (nSPS) is 37.8. The average molecular weight is 296 g/mol. The molecule has 0 bridgehead atoms. The number of carboxylic acid groups (broad SMARTS) is 1. The molecule has 4 nitrogen and oxygen atoms in total.